The predicted octanol–water partition coefficient (Wildman–Crippen LogP) is 1.19. The van der Waals surface area contributed by atoms with Gasteiger partial charge < -0.3 is 19.7 Å². The molecule has 1 heterocycles. The summed E-state index contributed by atoms with van der Waals surface area (Å²) < 4.78 is 5.32. The van der Waals surface area contributed by atoms with Crippen LogP contribution in [0.4, 0.5) is 5.69 Å². The van der Waals surface area contributed by atoms with Gasteiger partial charge in [-0.15, -0.1) is 0 Å². The Balaban J connectivity index is 1.82. The van der Waals surface area contributed by atoms with Crippen LogP contribution in [0, 0.1) is 0 Å². The number of carbonyl (C=O) groups is 3. The van der Waals surface area contributed by atoms with Crippen LogP contribution in [0.15, 0.2) is 24.3 Å². The molecule has 1 aromatic rings. The van der Waals surface area contributed by atoms with Crippen molar-refractivity contribution in [3.8, 4) is 0 Å². The van der Waals surface area contributed by atoms with E-state index in [1.807, 2.05) is 12.1 Å². The first-order valence-electron chi connectivity index (χ1n) is 7.78. The number of hydrogen-bond donors (Lipinski definition) is 1. The summed E-state index contributed by atoms with van der Waals surface area (Å²) in [7, 11) is 0. The molecule has 6 heteroatoms. The Morgan fingerprint density at radius 1 is 1.09 bits per heavy atom. The van der Waals surface area contributed by atoms with E-state index in [1.54, 1.807) is 12.1 Å². The third kappa shape index (κ3) is 5.49. The fourth-order valence-electron chi connectivity index (χ4n) is 2.34. The van der Waals surface area contributed by atoms with Gasteiger partial charge in [-0.25, -0.2) is 0 Å². The standard InChI is InChI=1S/C17H22N2O4/c1-13(20)2-7-17(22)18-12-16(21)14-3-5-15(6-4-14)19-8-10-23-11-9-19/h3-6H,2,7-12H2,1H3,(H,18,22). The van der Waals surface area contributed by atoms with Crippen molar-refractivity contribution >= 4 is 23.2 Å². The van der Waals surface area contributed by atoms with E-state index in [0.29, 0.717) is 18.8 Å². The number of hydrogen-bond acceptors (Lipinski definition) is 5. The summed E-state index contributed by atoms with van der Waals surface area (Å²) >= 11 is 0. The molecule has 1 aliphatic rings. The van der Waals surface area contributed by atoms with Crippen LogP contribution in [0.2, 0.25) is 0 Å². The van der Waals surface area contributed by atoms with Crippen LogP contribution in [0.1, 0.15) is 30.1 Å². The molecule has 0 atom stereocenters. The maximum absolute atomic E-state index is 12.1. The summed E-state index contributed by atoms with van der Waals surface area (Å²) in [5.74, 6) is -0.460. The van der Waals surface area contributed by atoms with E-state index in [9.17, 15) is 14.4 Å². The fourth-order valence-corrected chi connectivity index (χ4v) is 2.34. The predicted molar refractivity (Wildman–Crippen MR) is 86.7 cm³/mol. The Labute approximate surface area is 135 Å². The molecule has 1 aromatic carbocycles. The quantitative estimate of drug-likeness (QED) is 0.764. The maximum Gasteiger partial charge on any atom is 0.220 e. The number of benzene rings is 1. The molecular weight excluding hydrogens is 296 g/mol. The topological polar surface area (TPSA) is 75.7 Å². The summed E-state index contributed by atoms with van der Waals surface area (Å²) in [6.45, 7) is 4.51. The number of ether oxygens (including phenoxy) is 1. The highest BCUT2D eigenvalue weighted by Crippen LogP contribution is 2.16. The molecule has 0 aliphatic carbocycles. The van der Waals surface area contributed by atoms with Crippen molar-refractivity contribution in [2.24, 2.45) is 0 Å². The number of ketones is 2. The molecule has 6 nitrogen and oxygen atoms in total. The summed E-state index contributed by atoms with van der Waals surface area (Å²) in [5.41, 5.74) is 1.63. The highest BCUT2D eigenvalue weighted by molar-refractivity contribution is 5.99. The third-order valence-electron chi connectivity index (χ3n) is 3.72. The Kier molecular flexibility index (Phi) is 6.29. The van der Waals surface area contributed by atoms with Crippen molar-refractivity contribution in [3.63, 3.8) is 0 Å². The molecule has 1 fully saturated rings. The summed E-state index contributed by atoms with van der Waals surface area (Å²) in [6.07, 6.45) is 0.326. The van der Waals surface area contributed by atoms with Crippen LogP contribution < -0.4 is 10.2 Å². The van der Waals surface area contributed by atoms with Crippen LogP contribution >= 0.6 is 0 Å². The zero-order chi connectivity index (χ0) is 16.7. The van der Waals surface area contributed by atoms with Crippen molar-refractivity contribution < 1.29 is 19.1 Å². The lowest BCUT2D eigenvalue weighted by atomic mass is 10.1. The summed E-state index contributed by atoms with van der Waals surface area (Å²) in [5, 5.41) is 2.55. The zero-order valence-electron chi connectivity index (χ0n) is 13.3. The molecule has 1 amide bonds. The Morgan fingerprint density at radius 3 is 2.35 bits per heavy atom. The van der Waals surface area contributed by atoms with Crippen molar-refractivity contribution in [2.75, 3.05) is 37.7 Å². The molecule has 1 N–H and O–H groups in total. The highest BCUT2D eigenvalue weighted by atomic mass is 16.5. The largest absolute Gasteiger partial charge is 0.378 e. The van der Waals surface area contributed by atoms with Crippen LogP contribution in [-0.2, 0) is 14.3 Å². The van der Waals surface area contributed by atoms with Gasteiger partial charge in [0.1, 0.15) is 5.78 Å². The van der Waals surface area contributed by atoms with E-state index in [0.717, 1.165) is 18.8 Å². The molecule has 1 saturated heterocycles. The molecule has 0 saturated carbocycles. The molecule has 0 bridgehead atoms. The van der Waals surface area contributed by atoms with E-state index in [2.05, 4.69) is 10.2 Å². The van der Waals surface area contributed by atoms with Gasteiger partial charge >= 0.3 is 0 Å². The van der Waals surface area contributed by atoms with Crippen molar-refractivity contribution in [1.82, 2.24) is 5.32 Å². The molecule has 124 valence electrons. The molecule has 0 radical (unpaired) electrons. The van der Waals surface area contributed by atoms with E-state index >= 15 is 0 Å². The van der Waals surface area contributed by atoms with Crippen LogP contribution in [-0.4, -0.2) is 50.3 Å². The number of rotatable bonds is 7. The van der Waals surface area contributed by atoms with E-state index in [4.69, 9.17) is 4.74 Å². The third-order valence-corrected chi connectivity index (χ3v) is 3.72. The maximum atomic E-state index is 12.1. The van der Waals surface area contributed by atoms with Crippen molar-refractivity contribution in [2.45, 2.75) is 19.8 Å². The number of Topliss-reactive ketones (excluding diaryl/α,β-unsaturated/α-hetero) is 2. The number of nitrogens with zero attached hydrogens (tertiary/aromatic N) is 1. The van der Waals surface area contributed by atoms with Crippen LogP contribution in [0.5, 0.6) is 0 Å². The zero-order valence-corrected chi connectivity index (χ0v) is 13.3. The summed E-state index contributed by atoms with van der Waals surface area (Å²) in [4.78, 5) is 36.6. The fraction of sp³-hybridized carbons (Fsp3) is 0.471. The highest BCUT2D eigenvalue weighted by Gasteiger charge is 2.13. The second kappa shape index (κ2) is 8.43. The number of anilines is 1. The smallest absolute Gasteiger partial charge is 0.220 e. The lowest BCUT2D eigenvalue weighted by Crippen LogP contribution is -2.36. The van der Waals surface area contributed by atoms with Crippen LogP contribution in [0.25, 0.3) is 0 Å². The van der Waals surface area contributed by atoms with Gasteiger partial charge in [-0.3, -0.25) is 9.59 Å². The minimum absolute atomic E-state index is 0.0369. The first-order chi connectivity index (χ1) is 11.1. The van der Waals surface area contributed by atoms with Crippen molar-refractivity contribution in [1.29, 1.82) is 0 Å². The van der Waals surface area contributed by atoms with Gasteiger partial charge in [0.25, 0.3) is 0 Å². The van der Waals surface area contributed by atoms with Crippen LogP contribution in [0.3, 0.4) is 0 Å². The van der Waals surface area contributed by atoms with Gasteiger partial charge in [-0.2, -0.15) is 0 Å². The average molecular weight is 318 g/mol. The monoisotopic (exact) mass is 318 g/mol. The number of morpholine rings is 1. The molecule has 23 heavy (non-hydrogen) atoms. The van der Waals surface area contributed by atoms with Gasteiger partial charge in [-0.05, 0) is 31.2 Å². The van der Waals surface area contributed by atoms with E-state index < -0.39 is 0 Å². The second-order valence-electron chi connectivity index (χ2n) is 5.55. The van der Waals surface area contributed by atoms with Gasteiger partial charge in [0.05, 0.1) is 19.8 Å². The SMILES string of the molecule is CC(=O)CCC(=O)NCC(=O)c1ccc(N2CCOCC2)cc1. The minimum atomic E-state index is -0.279. The normalized spacial score (nSPS) is 14.4. The molecule has 0 spiro atoms. The van der Waals surface area contributed by atoms with Gasteiger partial charge in [0.2, 0.25) is 5.91 Å². The minimum Gasteiger partial charge on any atom is -0.378 e. The molecular formula is C17H22N2O4. The summed E-state index contributed by atoms with van der Waals surface area (Å²) in [6, 6.07) is 7.37. The number of nitrogens with one attached hydrogen (secondary N) is 1. The first-order valence-corrected chi connectivity index (χ1v) is 7.78. The van der Waals surface area contributed by atoms with Gasteiger partial charge in [0.15, 0.2) is 5.78 Å². The Hall–Kier alpha value is -2.21. The number of carbonyl (C=O) groups excluding carboxylic acids is 3. The molecule has 1 aliphatic heterocycles. The Bertz CT molecular complexity index is 562. The van der Waals surface area contributed by atoms with Gasteiger partial charge in [-0.1, -0.05) is 0 Å². The second-order valence-corrected chi connectivity index (χ2v) is 5.55. The molecule has 0 unspecified atom stereocenters. The number of amides is 1. The van der Waals surface area contributed by atoms with E-state index in [-0.39, 0.29) is 36.9 Å². The van der Waals surface area contributed by atoms with Crippen molar-refractivity contribution in [3.05, 3.63) is 29.8 Å². The van der Waals surface area contributed by atoms with E-state index in [1.165, 1.54) is 6.92 Å². The average Bonchev–Trinajstić information content (AvgIpc) is 2.58. The lowest BCUT2D eigenvalue weighted by Gasteiger charge is -2.28. The molecule has 2 rings (SSSR count). The van der Waals surface area contributed by atoms with Gasteiger partial charge in [0, 0.05) is 37.2 Å². The lowest BCUT2D eigenvalue weighted by molar-refractivity contribution is -0.124. The molecule has 0 aromatic heterocycles. The Morgan fingerprint density at radius 2 is 1.74 bits per heavy atom. The first kappa shape index (κ1) is 17.1.